The first-order chi connectivity index (χ1) is 14.7. The highest BCUT2D eigenvalue weighted by atomic mass is 32.2. The first-order valence-electron chi connectivity index (χ1n) is 9.20. The SMILES string of the molecule is O=C(Nc1ccc(S(=O)(=O)N[C@H]2CCS(=O)(=O)C2)cc1)c1ccc(-c2nn[nH]n2)cc1. The van der Waals surface area contributed by atoms with E-state index in [0.29, 0.717) is 22.6 Å². The van der Waals surface area contributed by atoms with Gasteiger partial charge in [-0.25, -0.2) is 21.6 Å². The van der Waals surface area contributed by atoms with E-state index in [1.54, 1.807) is 24.3 Å². The van der Waals surface area contributed by atoms with Gasteiger partial charge >= 0.3 is 0 Å². The van der Waals surface area contributed by atoms with Gasteiger partial charge in [-0.3, -0.25) is 4.79 Å². The van der Waals surface area contributed by atoms with Crippen LogP contribution in [0.5, 0.6) is 0 Å². The van der Waals surface area contributed by atoms with Crippen LogP contribution >= 0.6 is 0 Å². The summed E-state index contributed by atoms with van der Waals surface area (Å²) in [5, 5.41) is 16.3. The Kier molecular flexibility index (Phi) is 5.56. The number of nitrogens with one attached hydrogen (secondary N) is 3. The van der Waals surface area contributed by atoms with Gasteiger partial charge in [-0.15, -0.1) is 10.2 Å². The van der Waals surface area contributed by atoms with Crippen molar-refractivity contribution in [2.24, 2.45) is 0 Å². The van der Waals surface area contributed by atoms with Gasteiger partial charge in [0.05, 0.1) is 16.4 Å². The standard InChI is InChI=1S/C18H18N6O5S2/c25-18(13-3-1-12(2-4-13)17-20-23-24-21-17)19-14-5-7-16(8-6-14)31(28,29)22-15-9-10-30(26,27)11-15/h1-8,15,22H,9-11H2,(H,19,25)(H,20,21,23,24)/t15-/m0/s1. The van der Waals surface area contributed by atoms with Crippen molar-refractivity contribution in [2.45, 2.75) is 17.4 Å². The van der Waals surface area contributed by atoms with Crippen LogP contribution in [0.15, 0.2) is 53.4 Å². The Hall–Kier alpha value is -3.16. The summed E-state index contributed by atoms with van der Waals surface area (Å²) < 4.78 is 50.4. The first kappa shape index (κ1) is 21.1. The Morgan fingerprint density at radius 1 is 1.06 bits per heavy atom. The molecule has 1 aliphatic rings. The molecule has 1 saturated heterocycles. The number of benzene rings is 2. The van der Waals surface area contributed by atoms with Crippen LogP contribution in [0.4, 0.5) is 5.69 Å². The Bertz CT molecular complexity index is 1290. The van der Waals surface area contributed by atoms with Crippen LogP contribution in [0, 0.1) is 0 Å². The number of sulfone groups is 1. The minimum atomic E-state index is -3.86. The van der Waals surface area contributed by atoms with Gasteiger partial charge in [-0.2, -0.15) is 5.21 Å². The zero-order chi connectivity index (χ0) is 22.1. The highest BCUT2D eigenvalue weighted by Gasteiger charge is 2.31. The molecule has 31 heavy (non-hydrogen) atoms. The average molecular weight is 463 g/mol. The zero-order valence-electron chi connectivity index (χ0n) is 16.0. The molecular formula is C18H18N6O5S2. The third-order valence-corrected chi connectivity index (χ3v) is 8.03. The van der Waals surface area contributed by atoms with E-state index in [-0.39, 0.29) is 28.7 Å². The molecule has 1 aromatic heterocycles. The van der Waals surface area contributed by atoms with Crippen molar-refractivity contribution in [3.8, 4) is 11.4 Å². The van der Waals surface area contributed by atoms with E-state index in [0.717, 1.165) is 0 Å². The van der Waals surface area contributed by atoms with Crippen molar-refractivity contribution in [3.63, 3.8) is 0 Å². The maximum Gasteiger partial charge on any atom is 0.255 e. The first-order valence-corrected chi connectivity index (χ1v) is 12.5. The van der Waals surface area contributed by atoms with E-state index in [2.05, 4.69) is 30.7 Å². The maximum atomic E-state index is 12.5. The fraction of sp³-hybridized carbons (Fsp3) is 0.222. The summed E-state index contributed by atoms with van der Waals surface area (Å²) in [6, 6.07) is 11.6. The van der Waals surface area contributed by atoms with Crippen molar-refractivity contribution in [2.75, 3.05) is 16.8 Å². The van der Waals surface area contributed by atoms with E-state index < -0.39 is 25.9 Å². The maximum absolute atomic E-state index is 12.5. The monoisotopic (exact) mass is 462 g/mol. The molecule has 1 fully saturated rings. The largest absolute Gasteiger partial charge is 0.322 e. The Morgan fingerprint density at radius 2 is 1.77 bits per heavy atom. The third-order valence-electron chi connectivity index (χ3n) is 4.73. The van der Waals surface area contributed by atoms with Crippen molar-refractivity contribution in [1.82, 2.24) is 25.3 Å². The highest BCUT2D eigenvalue weighted by molar-refractivity contribution is 7.92. The molecule has 3 aromatic rings. The van der Waals surface area contributed by atoms with Crippen LogP contribution in [0.25, 0.3) is 11.4 Å². The number of carbonyl (C=O) groups excluding carboxylic acids is 1. The smallest absolute Gasteiger partial charge is 0.255 e. The molecule has 0 spiro atoms. The average Bonchev–Trinajstić information content (AvgIpc) is 3.38. The number of nitrogens with zero attached hydrogens (tertiary/aromatic N) is 3. The van der Waals surface area contributed by atoms with Gasteiger partial charge in [0.25, 0.3) is 5.91 Å². The molecule has 2 heterocycles. The summed E-state index contributed by atoms with van der Waals surface area (Å²) >= 11 is 0. The second kappa shape index (κ2) is 8.17. The van der Waals surface area contributed by atoms with Crippen LogP contribution in [-0.4, -0.2) is 60.9 Å². The topological polar surface area (TPSA) is 164 Å². The Morgan fingerprint density at radius 3 is 2.35 bits per heavy atom. The predicted octanol–water partition coefficient (Wildman–Crippen LogP) is 0.584. The minimum absolute atomic E-state index is 0.0146. The summed E-state index contributed by atoms with van der Waals surface area (Å²) in [6.45, 7) is 0. The fourth-order valence-corrected chi connectivity index (χ4v) is 6.20. The lowest BCUT2D eigenvalue weighted by Gasteiger charge is -2.12. The van der Waals surface area contributed by atoms with Crippen LogP contribution < -0.4 is 10.0 Å². The number of amides is 1. The number of H-pyrrole nitrogens is 1. The molecule has 11 nitrogen and oxygen atoms in total. The third kappa shape index (κ3) is 4.95. The van der Waals surface area contributed by atoms with Gasteiger partial charge in [0.1, 0.15) is 0 Å². The molecule has 1 aliphatic heterocycles. The molecule has 0 unspecified atom stereocenters. The number of anilines is 1. The number of aromatic nitrogens is 4. The number of hydrogen-bond donors (Lipinski definition) is 3. The summed E-state index contributed by atoms with van der Waals surface area (Å²) in [5.74, 6) is -0.190. The van der Waals surface area contributed by atoms with E-state index in [4.69, 9.17) is 0 Å². The van der Waals surface area contributed by atoms with Gasteiger partial charge in [-0.05, 0) is 48.0 Å². The second-order valence-electron chi connectivity index (χ2n) is 7.01. The highest BCUT2D eigenvalue weighted by Crippen LogP contribution is 2.19. The van der Waals surface area contributed by atoms with Gasteiger partial charge in [0, 0.05) is 22.9 Å². The number of rotatable bonds is 6. The zero-order valence-corrected chi connectivity index (χ0v) is 17.6. The Labute approximate surface area is 178 Å². The van der Waals surface area contributed by atoms with Gasteiger partial charge < -0.3 is 5.32 Å². The van der Waals surface area contributed by atoms with E-state index >= 15 is 0 Å². The number of sulfonamides is 1. The van der Waals surface area contributed by atoms with Crippen molar-refractivity contribution in [1.29, 1.82) is 0 Å². The molecule has 2 aromatic carbocycles. The lowest BCUT2D eigenvalue weighted by molar-refractivity contribution is 0.102. The second-order valence-corrected chi connectivity index (χ2v) is 11.0. The number of tetrazole rings is 1. The molecule has 0 saturated carbocycles. The molecule has 0 bridgehead atoms. The normalized spacial score (nSPS) is 18.0. The summed E-state index contributed by atoms with van der Waals surface area (Å²) in [4.78, 5) is 12.4. The van der Waals surface area contributed by atoms with Gasteiger partial charge in [-0.1, -0.05) is 12.1 Å². The molecule has 162 valence electrons. The van der Waals surface area contributed by atoms with E-state index in [9.17, 15) is 21.6 Å². The summed E-state index contributed by atoms with van der Waals surface area (Å²) in [7, 11) is -7.06. The van der Waals surface area contributed by atoms with Crippen LogP contribution in [0.2, 0.25) is 0 Å². The van der Waals surface area contributed by atoms with E-state index in [1.807, 2.05) is 0 Å². The van der Waals surface area contributed by atoms with Crippen LogP contribution in [0.3, 0.4) is 0 Å². The Balaban J connectivity index is 1.40. The molecule has 3 N–H and O–H groups in total. The number of hydrogen-bond acceptors (Lipinski definition) is 8. The molecule has 0 radical (unpaired) electrons. The predicted molar refractivity (Wildman–Crippen MR) is 111 cm³/mol. The lowest BCUT2D eigenvalue weighted by Crippen LogP contribution is -2.35. The molecule has 1 atom stereocenters. The molecule has 0 aliphatic carbocycles. The minimum Gasteiger partial charge on any atom is -0.322 e. The summed E-state index contributed by atoms with van der Waals surface area (Å²) in [6.07, 6.45) is 0.251. The quantitative estimate of drug-likeness (QED) is 0.479. The van der Waals surface area contributed by atoms with Crippen molar-refractivity contribution >= 4 is 31.5 Å². The number of carbonyl (C=O) groups is 1. The summed E-state index contributed by atoms with van der Waals surface area (Å²) in [5.41, 5.74) is 1.50. The van der Waals surface area contributed by atoms with Gasteiger partial charge in [0.2, 0.25) is 15.8 Å². The van der Waals surface area contributed by atoms with Crippen molar-refractivity contribution < 1.29 is 21.6 Å². The van der Waals surface area contributed by atoms with Crippen molar-refractivity contribution in [3.05, 3.63) is 54.1 Å². The molecule has 13 heteroatoms. The van der Waals surface area contributed by atoms with E-state index in [1.165, 1.54) is 24.3 Å². The lowest BCUT2D eigenvalue weighted by atomic mass is 10.1. The van der Waals surface area contributed by atoms with Crippen LogP contribution in [0.1, 0.15) is 16.8 Å². The van der Waals surface area contributed by atoms with Crippen LogP contribution in [-0.2, 0) is 19.9 Å². The molecule has 4 rings (SSSR count). The van der Waals surface area contributed by atoms with Gasteiger partial charge in [0.15, 0.2) is 9.84 Å². The molecular weight excluding hydrogens is 444 g/mol. The number of aromatic amines is 1. The fourth-order valence-electron chi connectivity index (χ4n) is 3.15. The molecule has 1 amide bonds.